The second-order valence-electron chi connectivity index (χ2n) is 6.97. The largest absolute Gasteiger partial charge is 0.481 e. The Morgan fingerprint density at radius 1 is 1.33 bits per heavy atom. The lowest BCUT2D eigenvalue weighted by molar-refractivity contribution is -0.142. The maximum Gasteiger partial charge on any atom is 0.304 e. The molecule has 0 saturated carbocycles. The SMILES string of the molecule is CC(C)CN1C(=O)[C@H](CC(=O)O)C[C@H]1CNC(=O)CCCCCN. The van der Waals surface area contributed by atoms with Crippen molar-refractivity contribution in [3.05, 3.63) is 0 Å². The molecule has 2 amide bonds. The average molecular weight is 341 g/mol. The van der Waals surface area contributed by atoms with Gasteiger partial charge in [-0.05, 0) is 31.7 Å². The Kier molecular flexibility index (Phi) is 8.74. The van der Waals surface area contributed by atoms with Crippen LogP contribution in [-0.2, 0) is 14.4 Å². The molecule has 0 unspecified atom stereocenters. The topological polar surface area (TPSA) is 113 Å². The summed E-state index contributed by atoms with van der Waals surface area (Å²) in [5.41, 5.74) is 5.42. The smallest absolute Gasteiger partial charge is 0.304 e. The number of nitrogens with one attached hydrogen (secondary N) is 1. The van der Waals surface area contributed by atoms with Gasteiger partial charge in [0, 0.05) is 25.6 Å². The second-order valence-corrected chi connectivity index (χ2v) is 6.97. The molecule has 2 atom stereocenters. The molecule has 4 N–H and O–H groups in total. The molecule has 1 saturated heterocycles. The lowest BCUT2D eigenvalue weighted by Crippen LogP contribution is -2.43. The highest BCUT2D eigenvalue weighted by Gasteiger charge is 2.40. The molecule has 1 aliphatic rings. The first-order chi connectivity index (χ1) is 11.3. The van der Waals surface area contributed by atoms with Gasteiger partial charge < -0.3 is 21.1 Å². The highest BCUT2D eigenvalue weighted by molar-refractivity contribution is 5.85. The number of hydrogen-bond donors (Lipinski definition) is 3. The van der Waals surface area contributed by atoms with Gasteiger partial charge in [-0.15, -0.1) is 0 Å². The minimum absolute atomic E-state index is 0.0225. The van der Waals surface area contributed by atoms with Crippen molar-refractivity contribution in [1.82, 2.24) is 10.2 Å². The second kappa shape index (κ2) is 10.3. The molecular weight excluding hydrogens is 310 g/mol. The molecule has 0 aromatic rings. The van der Waals surface area contributed by atoms with Crippen LogP contribution in [0.25, 0.3) is 0 Å². The summed E-state index contributed by atoms with van der Waals surface area (Å²) in [6, 6.07) is -0.114. The van der Waals surface area contributed by atoms with E-state index in [4.69, 9.17) is 10.8 Å². The van der Waals surface area contributed by atoms with E-state index in [1.165, 1.54) is 0 Å². The van der Waals surface area contributed by atoms with Crippen LogP contribution in [0.2, 0.25) is 0 Å². The standard InChI is InChI=1S/C17H31N3O4/c1-12(2)11-20-14(8-13(17(20)24)9-16(22)23)10-19-15(21)6-4-3-5-7-18/h12-14H,3-11,18H2,1-2H3,(H,19,21)(H,22,23)/t13-,14-/m0/s1. The van der Waals surface area contributed by atoms with Crippen molar-refractivity contribution in [2.24, 2.45) is 17.6 Å². The number of likely N-dealkylation sites (tertiary alicyclic amines) is 1. The number of nitrogens with zero attached hydrogens (tertiary/aromatic N) is 1. The van der Waals surface area contributed by atoms with Crippen molar-refractivity contribution in [1.29, 1.82) is 0 Å². The van der Waals surface area contributed by atoms with Gasteiger partial charge in [-0.25, -0.2) is 0 Å². The molecule has 1 heterocycles. The van der Waals surface area contributed by atoms with E-state index in [-0.39, 0.29) is 24.3 Å². The van der Waals surface area contributed by atoms with Crippen molar-refractivity contribution >= 4 is 17.8 Å². The molecule has 7 nitrogen and oxygen atoms in total. The zero-order valence-electron chi connectivity index (χ0n) is 14.8. The number of hydrogen-bond acceptors (Lipinski definition) is 4. The zero-order valence-corrected chi connectivity index (χ0v) is 14.8. The van der Waals surface area contributed by atoms with E-state index in [9.17, 15) is 14.4 Å². The maximum absolute atomic E-state index is 12.4. The van der Waals surface area contributed by atoms with Crippen molar-refractivity contribution in [2.75, 3.05) is 19.6 Å². The third-order valence-electron chi connectivity index (χ3n) is 4.26. The van der Waals surface area contributed by atoms with Crippen molar-refractivity contribution in [2.45, 2.75) is 58.4 Å². The third kappa shape index (κ3) is 6.86. The Labute approximate surface area is 144 Å². The lowest BCUT2D eigenvalue weighted by Gasteiger charge is -2.26. The molecule has 0 radical (unpaired) electrons. The number of amides is 2. The van der Waals surface area contributed by atoms with Gasteiger partial charge >= 0.3 is 5.97 Å². The Balaban J connectivity index is 2.51. The molecule has 24 heavy (non-hydrogen) atoms. The average Bonchev–Trinajstić information content (AvgIpc) is 2.77. The summed E-state index contributed by atoms with van der Waals surface area (Å²) in [4.78, 5) is 37.0. The summed E-state index contributed by atoms with van der Waals surface area (Å²) in [5.74, 6) is -1.26. The number of carbonyl (C=O) groups excluding carboxylic acids is 2. The van der Waals surface area contributed by atoms with Crippen LogP contribution in [0.3, 0.4) is 0 Å². The number of aliphatic carboxylic acids is 1. The summed E-state index contributed by atoms with van der Waals surface area (Å²) in [7, 11) is 0. The first kappa shape index (κ1) is 20.4. The fourth-order valence-electron chi connectivity index (χ4n) is 3.11. The van der Waals surface area contributed by atoms with E-state index in [0.29, 0.717) is 38.4 Å². The normalized spacial score (nSPS) is 20.7. The van der Waals surface area contributed by atoms with Gasteiger partial charge in [0.2, 0.25) is 11.8 Å². The van der Waals surface area contributed by atoms with Crippen LogP contribution < -0.4 is 11.1 Å². The summed E-state index contributed by atoms with van der Waals surface area (Å²) in [5, 5.41) is 11.8. The van der Waals surface area contributed by atoms with E-state index in [2.05, 4.69) is 5.32 Å². The van der Waals surface area contributed by atoms with Gasteiger partial charge in [0.25, 0.3) is 0 Å². The number of carbonyl (C=O) groups is 3. The van der Waals surface area contributed by atoms with Crippen LogP contribution in [0.15, 0.2) is 0 Å². The van der Waals surface area contributed by atoms with Gasteiger partial charge in [-0.1, -0.05) is 20.3 Å². The fourth-order valence-corrected chi connectivity index (χ4v) is 3.11. The van der Waals surface area contributed by atoms with E-state index >= 15 is 0 Å². The summed E-state index contributed by atoms with van der Waals surface area (Å²) in [6.45, 7) is 5.66. The van der Waals surface area contributed by atoms with Crippen molar-refractivity contribution in [3.8, 4) is 0 Å². The van der Waals surface area contributed by atoms with E-state index in [1.54, 1.807) is 4.90 Å². The van der Waals surface area contributed by atoms with Gasteiger partial charge in [0.15, 0.2) is 0 Å². The molecule has 0 spiro atoms. The van der Waals surface area contributed by atoms with Gasteiger partial charge in [0.1, 0.15) is 0 Å². The van der Waals surface area contributed by atoms with Gasteiger partial charge in [-0.2, -0.15) is 0 Å². The number of carboxylic acid groups (broad SMARTS) is 1. The van der Waals surface area contributed by atoms with Gasteiger partial charge in [0.05, 0.1) is 12.3 Å². The molecule has 0 aromatic heterocycles. The summed E-state index contributed by atoms with van der Waals surface area (Å²) in [6.07, 6.45) is 3.48. The fraction of sp³-hybridized carbons (Fsp3) is 0.824. The summed E-state index contributed by atoms with van der Waals surface area (Å²) >= 11 is 0. The quantitative estimate of drug-likeness (QED) is 0.485. The van der Waals surface area contributed by atoms with E-state index in [0.717, 1.165) is 19.3 Å². The predicted molar refractivity (Wildman–Crippen MR) is 91.2 cm³/mol. The first-order valence-corrected chi connectivity index (χ1v) is 8.84. The molecule has 1 rings (SSSR count). The van der Waals surface area contributed by atoms with Crippen molar-refractivity contribution < 1.29 is 19.5 Å². The molecule has 0 aromatic carbocycles. The Morgan fingerprint density at radius 2 is 2.04 bits per heavy atom. The van der Waals surface area contributed by atoms with Crippen LogP contribution in [-0.4, -0.2) is 53.5 Å². The Morgan fingerprint density at radius 3 is 2.62 bits per heavy atom. The highest BCUT2D eigenvalue weighted by Crippen LogP contribution is 2.28. The maximum atomic E-state index is 12.4. The molecule has 7 heteroatoms. The molecule has 138 valence electrons. The number of rotatable bonds is 11. The molecule has 1 aliphatic heterocycles. The first-order valence-electron chi connectivity index (χ1n) is 8.84. The van der Waals surface area contributed by atoms with Crippen molar-refractivity contribution in [3.63, 3.8) is 0 Å². The van der Waals surface area contributed by atoms with E-state index in [1.807, 2.05) is 13.8 Å². The van der Waals surface area contributed by atoms with Crippen LogP contribution in [0.5, 0.6) is 0 Å². The minimum Gasteiger partial charge on any atom is -0.481 e. The number of carboxylic acids is 1. The predicted octanol–water partition coefficient (Wildman–Crippen LogP) is 0.970. The number of unbranched alkanes of at least 4 members (excludes halogenated alkanes) is 2. The minimum atomic E-state index is -0.956. The van der Waals surface area contributed by atoms with Gasteiger partial charge in [-0.3, -0.25) is 14.4 Å². The molecule has 0 bridgehead atoms. The highest BCUT2D eigenvalue weighted by atomic mass is 16.4. The summed E-state index contributed by atoms with van der Waals surface area (Å²) < 4.78 is 0. The Bertz CT molecular complexity index is 440. The zero-order chi connectivity index (χ0) is 18.1. The van der Waals surface area contributed by atoms with Crippen LogP contribution in [0, 0.1) is 11.8 Å². The molecule has 1 fully saturated rings. The Hall–Kier alpha value is -1.63. The van der Waals surface area contributed by atoms with Crippen LogP contribution >= 0.6 is 0 Å². The lowest BCUT2D eigenvalue weighted by atomic mass is 10.0. The van der Waals surface area contributed by atoms with Crippen LogP contribution in [0.1, 0.15) is 52.4 Å². The molecular formula is C17H31N3O4. The monoisotopic (exact) mass is 341 g/mol. The third-order valence-corrected chi connectivity index (χ3v) is 4.26. The van der Waals surface area contributed by atoms with E-state index < -0.39 is 11.9 Å². The van der Waals surface area contributed by atoms with Crippen LogP contribution in [0.4, 0.5) is 0 Å². The molecule has 0 aliphatic carbocycles. The number of nitrogens with two attached hydrogens (primary N) is 1.